The Balaban J connectivity index is 2.22. The summed E-state index contributed by atoms with van der Waals surface area (Å²) in [5.74, 6) is -1.86. The summed E-state index contributed by atoms with van der Waals surface area (Å²) >= 11 is 0. The molecule has 128 valence electrons. The third kappa shape index (κ3) is 4.81. The van der Waals surface area contributed by atoms with E-state index in [1.807, 2.05) is 12.1 Å². The number of ether oxygens (including phenoxy) is 1. The molecule has 0 spiro atoms. The lowest BCUT2D eigenvalue weighted by Gasteiger charge is -2.15. The van der Waals surface area contributed by atoms with Crippen LogP contribution >= 0.6 is 0 Å². The topological polar surface area (TPSA) is 9.23 Å². The molecule has 0 amide bonds. The van der Waals surface area contributed by atoms with E-state index in [0.717, 1.165) is 30.5 Å². The summed E-state index contributed by atoms with van der Waals surface area (Å²) in [6.07, 6.45) is -5.64. The van der Waals surface area contributed by atoms with E-state index in [4.69, 9.17) is 0 Å². The minimum atomic E-state index is -4.29. The summed E-state index contributed by atoms with van der Waals surface area (Å²) in [6.45, 7) is 2.06. The lowest BCUT2D eigenvalue weighted by atomic mass is 10.0. The molecule has 0 fully saturated rings. The first-order chi connectivity index (χ1) is 11.3. The zero-order chi connectivity index (χ0) is 17.7. The van der Waals surface area contributed by atoms with Crippen molar-refractivity contribution in [2.45, 2.75) is 25.9 Å². The van der Waals surface area contributed by atoms with Gasteiger partial charge in [0.1, 0.15) is 0 Å². The smallest absolute Gasteiger partial charge is 0.425 e. The van der Waals surface area contributed by atoms with Gasteiger partial charge in [-0.05, 0) is 35.2 Å². The van der Waals surface area contributed by atoms with Crippen molar-refractivity contribution in [3.8, 4) is 16.9 Å². The molecule has 0 saturated heterocycles. The predicted octanol–water partition coefficient (Wildman–Crippen LogP) is 6.20. The van der Waals surface area contributed by atoms with Crippen LogP contribution in [0, 0.1) is 5.82 Å². The van der Waals surface area contributed by atoms with E-state index in [9.17, 15) is 22.0 Å². The van der Waals surface area contributed by atoms with Crippen molar-refractivity contribution in [2.24, 2.45) is 0 Å². The highest BCUT2D eigenvalue weighted by Crippen LogP contribution is 2.30. The number of benzene rings is 2. The maximum atomic E-state index is 13.9. The average molecular weight is 342 g/mol. The van der Waals surface area contributed by atoms with Crippen molar-refractivity contribution < 1.29 is 26.7 Å². The average Bonchev–Trinajstić information content (AvgIpc) is 2.49. The van der Waals surface area contributed by atoms with Crippen LogP contribution in [0.25, 0.3) is 11.1 Å². The van der Waals surface area contributed by atoms with E-state index in [1.54, 1.807) is 12.1 Å². The number of alkyl halides is 2. The van der Waals surface area contributed by atoms with Crippen molar-refractivity contribution in [2.75, 3.05) is 0 Å². The molecule has 0 heterocycles. The number of hydrogen-bond donors (Lipinski definition) is 0. The van der Waals surface area contributed by atoms with Crippen molar-refractivity contribution in [1.82, 2.24) is 0 Å². The first-order valence-corrected chi connectivity index (χ1v) is 7.30. The summed E-state index contributed by atoms with van der Waals surface area (Å²) in [4.78, 5) is 0. The van der Waals surface area contributed by atoms with Crippen LogP contribution in [-0.4, -0.2) is 6.11 Å². The molecule has 0 aliphatic carbocycles. The van der Waals surface area contributed by atoms with Gasteiger partial charge in [0.05, 0.1) is 6.08 Å². The first-order valence-electron chi connectivity index (χ1n) is 7.30. The van der Waals surface area contributed by atoms with Crippen molar-refractivity contribution in [1.29, 1.82) is 0 Å². The molecule has 24 heavy (non-hydrogen) atoms. The molecule has 2 aromatic carbocycles. The van der Waals surface area contributed by atoms with E-state index in [0.29, 0.717) is 11.1 Å². The van der Waals surface area contributed by atoms with Gasteiger partial charge in [0.2, 0.25) is 0 Å². The fraction of sp³-hybridized carbons (Fsp3) is 0.222. The van der Waals surface area contributed by atoms with Gasteiger partial charge in [0.15, 0.2) is 11.6 Å². The predicted molar refractivity (Wildman–Crippen MR) is 81.7 cm³/mol. The van der Waals surface area contributed by atoms with Gasteiger partial charge in [-0.15, -0.1) is 0 Å². The normalized spacial score (nSPS) is 11.2. The fourth-order valence-electron chi connectivity index (χ4n) is 2.22. The Kier molecular flexibility index (Phi) is 5.59. The second-order valence-electron chi connectivity index (χ2n) is 5.19. The lowest BCUT2D eigenvalue weighted by molar-refractivity contribution is -0.135. The van der Waals surface area contributed by atoms with Crippen LogP contribution in [0.5, 0.6) is 5.75 Å². The van der Waals surface area contributed by atoms with Crippen LogP contribution in [0.1, 0.15) is 18.9 Å². The van der Waals surface area contributed by atoms with Gasteiger partial charge in [-0.25, -0.2) is 4.39 Å². The standard InChI is InChI=1S/C18H15F5O/c1-2-3-12-4-6-13(7-5-12)14-8-9-16(15(19)10-14)24-18(22,23)11-17(20)21/h4-11H,2-3H2,1H3. The highest BCUT2D eigenvalue weighted by molar-refractivity contribution is 5.64. The number of aryl methyl sites for hydroxylation is 1. The van der Waals surface area contributed by atoms with Crippen molar-refractivity contribution in [3.63, 3.8) is 0 Å². The Morgan fingerprint density at radius 1 is 1.04 bits per heavy atom. The molecule has 0 saturated carbocycles. The molecule has 0 aromatic heterocycles. The van der Waals surface area contributed by atoms with Gasteiger partial charge in [0, 0.05) is 0 Å². The molecule has 0 aliphatic heterocycles. The number of rotatable bonds is 6. The second kappa shape index (κ2) is 7.47. The van der Waals surface area contributed by atoms with Crippen LogP contribution < -0.4 is 4.74 Å². The molecule has 0 unspecified atom stereocenters. The number of hydrogen-bond acceptors (Lipinski definition) is 1. The maximum Gasteiger partial charge on any atom is 0.425 e. The minimum absolute atomic E-state index is 0.471. The summed E-state index contributed by atoms with van der Waals surface area (Å²) in [5.41, 5.74) is 2.32. The van der Waals surface area contributed by atoms with Gasteiger partial charge < -0.3 is 4.74 Å². The lowest BCUT2D eigenvalue weighted by Crippen LogP contribution is -2.22. The first kappa shape index (κ1) is 18.0. The van der Waals surface area contributed by atoms with Crippen LogP contribution in [0.15, 0.2) is 54.6 Å². The van der Waals surface area contributed by atoms with Gasteiger partial charge >= 0.3 is 6.11 Å². The van der Waals surface area contributed by atoms with Gasteiger partial charge in [-0.1, -0.05) is 43.7 Å². The third-order valence-electron chi connectivity index (χ3n) is 3.28. The minimum Gasteiger partial charge on any atom is -0.426 e. The molecule has 0 bridgehead atoms. The third-order valence-corrected chi connectivity index (χ3v) is 3.28. The molecule has 0 N–H and O–H groups in total. The van der Waals surface area contributed by atoms with Crippen LogP contribution in [0.4, 0.5) is 22.0 Å². The van der Waals surface area contributed by atoms with Gasteiger partial charge in [-0.3, -0.25) is 0 Å². The molecular formula is C18H15F5O. The van der Waals surface area contributed by atoms with E-state index in [2.05, 4.69) is 11.7 Å². The Morgan fingerprint density at radius 2 is 1.67 bits per heavy atom. The number of halogens is 5. The maximum absolute atomic E-state index is 13.9. The fourth-order valence-corrected chi connectivity index (χ4v) is 2.22. The largest absolute Gasteiger partial charge is 0.426 e. The summed E-state index contributed by atoms with van der Waals surface area (Å²) in [7, 11) is 0. The molecule has 0 atom stereocenters. The van der Waals surface area contributed by atoms with Gasteiger partial charge in [0.25, 0.3) is 6.08 Å². The van der Waals surface area contributed by atoms with E-state index >= 15 is 0 Å². The zero-order valence-electron chi connectivity index (χ0n) is 12.8. The SMILES string of the molecule is CCCc1ccc(-c2ccc(OC(F)(F)C=C(F)F)c(F)c2)cc1. The summed E-state index contributed by atoms with van der Waals surface area (Å²) < 4.78 is 68.1. The highest BCUT2D eigenvalue weighted by atomic mass is 19.3. The Morgan fingerprint density at radius 3 is 2.21 bits per heavy atom. The summed E-state index contributed by atoms with van der Waals surface area (Å²) in [6, 6.07) is 10.8. The van der Waals surface area contributed by atoms with E-state index in [1.165, 1.54) is 6.07 Å². The van der Waals surface area contributed by atoms with Crippen LogP contribution in [0.2, 0.25) is 0 Å². The van der Waals surface area contributed by atoms with Crippen molar-refractivity contribution >= 4 is 0 Å². The zero-order valence-corrected chi connectivity index (χ0v) is 12.8. The Hall–Kier alpha value is -2.37. The highest BCUT2D eigenvalue weighted by Gasteiger charge is 2.31. The monoisotopic (exact) mass is 342 g/mol. The Labute approximate surface area is 136 Å². The van der Waals surface area contributed by atoms with Gasteiger partial charge in [-0.2, -0.15) is 17.6 Å². The molecule has 0 aliphatic rings. The second-order valence-corrected chi connectivity index (χ2v) is 5.19. The summed E-state index contributed by atoms with van der Waals surface area (Å²) in [5, 5.41) is 0. The molecule has 2 rings (SSSR count). The quantitative estimate of drug-likeness (QED) is 0.568. The Bertz CT molecular complexity index is 719. The van der Waals surface area contributed by atoms with Crippen LogP contribution in [-0.2, 0) is 6.42 Å². The molecule has 1 nitrogen and oxygen atoms in total. The van der Waals surface area contributed by atoms with E-state index in [-0.39, 0.29) is 0 Å². The van der Waals surface area contributed by atoms with Crippen molar-refractivity contribution in [3.05, 3.63) is 66.0 Å². The molecule has 0 radical (unpaired) electrons. The van der Waals surface area contributed by atoms with E-state index < -0.39 is 29.8 Å². The molecule has 6 heteroatoms. The molecular weight excluding hydrogens is 327 g/mol. The molecule has 2 aromatic rings. The van der Waals surface area contributed by atoms with Crippen LogP contribution in [0.3, 0.4) is 0 Å².